The van der Waals surface area contributed by atoms with E-state index in [1.165, 1.54) is 11.3 Å². The van der Waals surface area contributed by atoms with Crippen LogP contribution >= 0.6 is 11.3 Å². The molecule has 1 aliphatic heterocycles. The third-order valence-corrected chi connectivity index (χ3v) is 6.16. The summed E-state index contributed by atoms with van der Waals surface area (Å²) in [5.74, 6) is 0.819. The Bertz CT molecular complexity index is 1380. The Kier molecular flexibility index (Phi) is 5.81. The van der Waals surface area contributed by atoms with Crippen molar-refractivity contribution in [1.82, 2.24) is 19.5 Å². The second-order valence-electron chi connectivity index (χ2n) is 7.56. The highest BCUT2D eigenvalue weighted by Gasteiger charge is 2.21. The van der Waals surface area contributed by atoms with Gasteiger partial charge in [0.2, 0.25) is 5.78 Å². The van der Waals surface area contributed by atoms with Crippen molar-refractivity contribution in [2.75, 3.05) is 19.8 Å². The molecule has 5 rings (SSSR count). The minimum absolute atomic E-state index is 0.113. The van der Waals surface area contributed by atoms with Gasteiger partial charge in [0.1, 0.15) is 13.2 Å². The number of aromatic nitrogens is 4. The Labute approximate surface area is 199 Å². The summed E-state index contributed by atoms with van der Waals surface area (Å²) in [6.45, 7) is 4.39. The molecule has 0 atom stereocenters. The highest BCUT2D eigenvalue weighted by molar-refractivity contribution is 7.13. The minimum Gasteiger partial charge on any atom is -0.486 e. The van der Waals surface area contributed by atoms with E-state index in [-0.39, 0.29) is 18.1 Å². The van der Waals surface area contributed by atoms with Crippen molar-refractivity contribution < 1.29 is 23.8 Å². The molecule has 0 fully saturated rings. The third kappa shape index (κ3) is 4.15. The number of thiazole rings is 1. The predicted molar refractivity (Wildman–Crippen MR) is 124 cm³/mol. The number of hydrogen-bond donors (Lipinski definition) is 0. The number of esters is 1. The van der Waals surface area contributed by atoms with Crippen molar-refractivity contribution in [2.45, 2.75) is 13.8 Å². The molecule has 10 heteroatoms. The lowest BCUT2D eigenvalue weighted by atomic mass is 10.1. The fourth-order valence-electron chi connectivity index (χ4n) is 3.78. The van der Waals surface area contributed by atoms with Gasteiger partial charge in [-0.15, -0.1) is 11.3 Å². The molecule has 0 aliphatic carbocycles. The highest BCUT2D eigenvalue weighted by Crippen LogP contribution is 2.33. The molecule has 4 aromatic rings. The average molecular weight is 477 g/mol. The number of rotatable bonds is 6. The van der Waals surface area contributed by atoms with Gasteiger partial charge in [-0.25, -0.2) is 19.7 Å². The van der Waals surface area contributed by atoms with Gasteiger partial charge in [0, 0.05) is 46.5 Å². The molecular formula is C24H20N4O5S. The van der Waals surface area contributed by atoms with Gasteiger partial charge in [-0.3, -0.25) is 4.79 Å². The van der Waals surface area contributed by atoms with Crippen LogP contribution in [0, 0.1) is 13.8 Å². The normalized spacial score (nSPS) is 12.4. The lowest BCUT2D eigenvalue weighted by Crippen LogP contribution is -2.16. The summed E-state index contributed by atoms with van der Waals surface area (Å²) in [5.41, 5.74) is 3.07. The largest absolute Gasteiger partial charge is 0.486 e. The molecule has 172 valence electrons. The minimum atomic E-state index is -0.674. The smallest absolute Gasteiger partial charge is 0.358 e. The van der Waals surface area contributed by atoms with E-state index < -0.39 is 5.97 Å². The van der Waals surface area contributed by atoms with Crippen molar-refractivity contribution in [3.8, 4) is 28.0 Å². The predicted octanol–water partition coefficient (Wildman–Crippen LogP) is 3.82. The Morgan fingerprint density at radius 1 is 1.09 bits per heavy atom. The van der Waals surface area contributed by atoms with E-state index in [1.54, 1.807) is 29.9 Å². The molecule has 0 amide bonds. The summed E-state index contributed by atoms with van der Waals surface area (Å²) in [5, 5.41) is 2.06. The first-order valence-electron chi connectivity index (χ1n) is 10.5. The molecule has 0 bridgehead atoms. The third-order valence-electron chi connectivity index (χ3n) is 5.32. The van der Waals surface area contributed by atoms with Crippen LogP contribution in [-0.2, 0) is 4.74 Å². The number of ketones is 1. The summed E-state index contributed by atoms with van der Waals surface area (Å²) in [7, 11) is 0. The standard InChI is InChI=1S/C24H20N4O5S/c1-14-10-17(15(2)28(14)16-4-5-20-21(11-16)32-9-8-31-20)19(29)12-33-24(30)18-13-34-23(27-18)22-25-6-3-7-26-22/h3-7,10-11,13H,8-9,12H2,1-2H3. The second kappa shape index (κ2) is 9.06. The summed E-state index contributed by atoms with van der Waals surface area (Å²) < 4.78 is 18.5. The molecule has 1 aliphatic rings. The summed E-state index contributed by atoms with van der Waals surface area (Å²) in [6.07, 6.45) is 3.20. The molecule has 0 radical (unpaired) electrons. The van der Waals surface area contributed by atoms with Crippen molar-refractivity contribution >= 4 is 23.1 Å². The number of Topliss-reactive ketones (excluding diaryl/α,β-unsaturated/α-hetero) is 1. The first-order chi connectivity index (χ1) is 16.5. The first-order valence-corrected chi connectivity index (χ1v) is 11.4. The van der Waals surface area contributed by atoms with Gasteiger partial charge in [-0.05, 0) is 38.1 Å². The summed E-state index contributed by atoms with van der Waals surface area (Å²) in [6, 6.07) is 9.14. The van der Waals surface area contributed by atoms with Gasteiger partial charge < -0.3 is 18.8 Å². The van der Waals surface area contributed by atoms with Gasteiger partial charge in [-0.2, -0.15) is 0 Å². The fraction of sp³-hybridized carbons (Fsp3) is 0.208. The van der Waals surface area contributed by atoms with Crippen LogP contribution in [0.25, 0.3) is 16.5 Å². The maximum absolute atomic E-state index is 12.9. The molecule has 0 unspecified atom stereocenters. The zero-order chi connectivity index (χ0) is 23.7. The van der Waals surface area contributed by atoms with E-state index in [4.69, 9.17) is 14.2 Å². The average Bonchev–Trinajstić information content (AvgIpc) is 3.47. The van der Waals surface area contributed by atoms with Crippen molar-refractivity contribution in [1.29, 1.82) is 0 Å². The van der Waals surface area contributed by atoms with Crippen molar-refractivity contribution in [3.63, 3.8) is 0 Å². The topological polar surface area (TPSA) is 105 Å². The van der Waals surface area contributed by atoms with Crippen LogP contribution < -0.4 is 9.47 Å². The van der Waals surface area contributed by atoms with Gasteiger partial charge in [0.15, 0.2) is 34.6 Å². The SMILES string of the molecule is Cc1cc(C(=O)COC(=O)c2csc(-c3ncccn3)n2)c(C)n1-c1ccc2c(c1)OCCO2. The Hall–Kier alpha value is -4.05. The number of carbonyl (C=O) groups excluding carboxylic acids is 2. The van der Waals surface area contributed by atoms with Crippen LogP contribution in [0.4, 0.5) is 0 Å². The van der Waals surface area contributed by atoms with Gasteiger partial charge >= 0.3 is 5.97 Å². The van der Waals surface area contributed by atoms with Gasteiger partial charge in [-0.1, -0.05) is 0 Å². The number of benzene rings is 1. The molecule has 34 heavy (non-hydrogen) atoms. The van der Waals surface area contributed by atoms with Gasteiger partial charge in [0.05, 0.1) is 0 Å². The number of hydrogen-bond acceptors (Lipinski definition) is 9. The van der Waals surface area contributed by atoms with Crippen LogP contribution in [0.2, 0.25) is 0 Å². The molecular weight excluding hydrogens is 456 g/mol. The number of carbonyl (C=O) groups is 2. The molecule has 0 N–H and O–H groups in total. The van der Waals surface area contributed by atoms with E-state index >= 15 is 0 Å². The van der Waals surface area contributed by atoms with Gasteiger partial charge in [0.25, 0.3) is 0 Å². The molecule has 4 heterocycles. The number of aryl methyl sites for hydroxylation is 1. The maximum Gasteiger partial charge on any atom is 0.358 e. The molecule has 3 aromatic heterocycles. The number of fused-ring (bicyclic) bond motifs is 1. The van der Waals surface area contributed by atoms with Crippen LogP contribution in [0.15, 0.2) is 48.1 Å². The van der Waals surface area contributed by atoms with E-state index in [1.807, 2.05) is 36.6 Å². The second-order valence-corrected chi connectivity index (χ2v) is 8.42. The van der Waals surface area contributed by atoms with Crippen LogP contribution in [-0.4, -0.2) is 51.1 Å². The lowest BCUT2D eigenvalue weighted by Gasteiger charge is -2.20. The van der Waals surface area contributed by atoms with Crippen LogP contribution in [0.5, 0.6) is 11.5 Å². The monoisotopic (exact) mass is 476 g/mol. The zero-order valence-electron chi connectivity index (χ0n) is 18.5. The highest BCUT2D eigenvalue weighted by atomic mass is 32.1. The fourth-order valence-corrected chi connectivity index (χ4v) is 4.51. The lowest BCUT2D eigenvalue weighted by molar-refractivity contribution is 0.0469. The Morgan fingerprint density at radius 3 is 2.65 bits per heavy atom. The number of ether oxygens (including phenoxy) is 3. The molecule has 0 spiro atoms. The Morgan fingerprint density at radius 2 is 1.85 bits per heavy atom. The van der Waals surface area contributed by atoms with E-state index in [0.717, 1.165) is 17.1 Å². The zero-order valence-corrected chi connectivity index (χ0v) is 19.3. The maximum atomic E-state index is 12.9. The quantitative estimate of drug-likeness (QED) is 0.306. The number of nitrogens with zero attached hydrogens (tertiary/aromatic N) is 4. The Balaban J connectivity index is 1.29. The van der Waals surface area contributed by atoms with E-state index in [9.17, 15) is 9.59 Å². The molecule has 1 aromatic carbocycles. The first kappa shape index (κ1) is 21.8. The van der Waals surface area contributed by atoms with E-state index in [2.05, 4.69) is 15.0 Å². The molecule has 9 nitrogen and oxygen atoms in total. The van der Waals surface area contributed by atoms with Crippen LogP contribution in [0.1, 0.15) is 32.2 Å². The molecule has 0 saturated carbocycles. The summed E-state index contributed by atoms with van der Waals surface area (Å²) in [4.78, 5) is 37.8. The molecule has 0 saturated heterocycles. The van der Waals surface area contributed by atoms with Crippen LogP contribution in [0.3, 0.4) is 0 Å². The summed E-state index contributed by atoms with van der Waals surface area (Å²) >= 11 is 1.23. The van der Waals surface area contributed by atoms with Crippen molar-refractivity contribution in [3.05, 3.63) is 70.8 Å². The van der Waals surface area contributed by atoms with E-state index in [0.29, 0.717) is 41.1 Å². The van der Waals surface area contributed by atoms with Crippen molar-refractivity contribution in [2.24, 2.45) is 0 Å².